The molecule has 2 bridgehead atoms. The summed E-state index contributed by atoms with van der Waals surface area (Å²) in [6.07, 6.45) is 2.91. The van der Waals surface area contributed by atoms with Crippen molar-refractivity contribution >= 4 is 23.7 Å². The van der Waals surface area contributed by atoms with Gasteiger partial charge in [-0.1, -0.05) is 30.3 Å². The molecule has 7 nitrogen and oxygen atoms in total. The first-order valence-electron chi connectivity index (χ1n) is 10.3. The van der Waals surface area contributed by atoms with Crippen molar-refractivity contribution in [1.29, 1.82) is 0 Å². The minimum Gasteiger partial charge on any atom is -0.454 e. The maximum absolute atomic E-state index is 12.8. The maximum Gasteiger partial charge on any atom is 0.329 e. The molecule has 1 N–H and O–H groups in total. The van der Waals surface area contributed by atoms with Crippen LogP contribution in [0.2, 0.25) is 0 Å². The fourth-order valence-corrected chi connectivity index (χ4v) is 5.28. The Balaban J connectivity index is 1.31. The Labute approximate surface area is 169 Å². The fourth-order valence-electron chi connectivity index (χ4n) is 5.28. The third-order valence-electron chi connectivity index (χ3n) is 6.71. The van der Waals surface area contributed by atoms with Gasteiger partial charge in [0, 0.05) is 0 Å². The molecule has 3 fully saturated rings. The lowest BCUT2D eigenvalue weighted by Crippen LogP contribution is -2.46. The normalized spacial score (nSPS) is 29.5. The Morgan fingerprint density at radius 2 is 1.66 bits per heavy atom. The number of benzene rings is 1. The van der Waals surface area contributed by atoms with E-state index in [0.29, 0.717) is 0 Å². The number of hydrogen-bond acceptors (Lipinski definition) is 5. The maximum atomic E-state index is 12.8. The van der Waals surface area contributed by atoms with Crippen molar-refractivity contribution in [1.82, 2.24) is 10.2 Å². The van der Waals surface area contributed by atoms with E-state index < -0.39 is 24.5 Å². The molecule has 1 saturated heterocycles. The minimum atomic E-state index is -1.01. The molecule has 2 saturated carbocycles. The van der Waals surface area contributed by atoms with Crippen molar-refractivity contribution in [3.63, 3.8) is 0 Å². The molecule has 0 aromatic heterocycles. The molecule has 0 radical (unpaired) electrons. The summed E-state index contributed by atoms with van der Waals surface area (Å²) < 4.78 is 5.11. The van der Waals surface area contributed by atoms with Crippen LogP contribution in [0.25, 0.3) is 0 Å². The van der Waals surface area contributed by atoms with Crippen LogP contribution in [0.3, 0.4) is 0 Å². The highest BCUT2D eigenvalue weighted by molar-refractivity contribution is 6.08. The SMILES string of the molecule is C[C@@H](NC(=O)COC(=O)[C@H](C)N1C(=O)[C@@H]2[C@H]3CC[C@@H](C3)[C@@H]2C1=O)c1ccccc1. The second kappa shape index (κ2) is 7.61. The van der Waals surface area contributed by atoms with E-state index in [1.54, 1.807) is 0 Å². The van der Waals surface area contributed by atoms with Gasteiger partial charge in [0.15, 0.2) is 6.61 Å². The predicted molar refractivity (Wildman–Crippen MR) is 103 cm³/mol. The van der Waals surface area contributed by atoms with E-state index in [2.05, 4.69) is 5.32 Å². The zero-order chi connectivity index (χ0) is 20.7. The number of amides is 3. The molecule has 7 heteroatoms. The molecule has 1 heterocycles. The average Bonchev–Trinajstić information content (AvgIpc) is 3.40. The molecule has 1 aromatic carbocycles. The Kier molecular flexibility index (Phi) is 5.15. The number of carbonyl (C=O) groups is 4. The van der Waals surface area contributed by atoms with Gasteiger partial charge in [0.05, 0.1) is 17.9 Å². The molecule has 1 aromatic rings. The molecular weight excluding hydrogens is 372 g/mol. The van der Waals surface area contributed by atoms with E-state index in [0.717, 1.165) is 29.7 Å². The number of likely N-dealkylation sites (tertiary alicyclic amines) is 1. The summed E-state index contributed by atoms with van der Waals surface area (Å²) in [5, 5.41) is 2.77. The monoisotopic (exact) mass is 398 g/mol. The lowest BCUT2D eigenvalue weighted by atomic mass is 9.81. The summed E-state index contributed by atoms with van der Waals surface area (Å²) in [5.41, 5.74) is 0.940. The van der Waals surface area contributed by atoms with Crippen molar-refractivity contribution < 1.29 is 23.9 Å². The van der Waals surface area contributed by atoms with E-state index in [4.69, 9.17) is 4.74 Å². The molecule has 0 spiro atoms. The van der Waals surface area contributed by atoms with Crippen LogP contribution in [0.5, 0.6) is 0 Å². The molecule has 3 amide bonds. The predicted octanol–water partition coefficient (Wildman–Crippen LogP) is 1.83. The van der Waals surface area contributed by atoms with Gasteiger partial charge in [-0.25, -0.2) is 4.79 Å². The first kappa shape index (κ1) is 19.6. The zero-order valence-electron chi connectivity index (χ0n) is 16.7. The number of nitrogens with one attached hydrogen (secondary N) is 1. The third-order valence-corrected chi connectivity index (χ3v) is 6.71. The van der Waals surface area contributed by atoms with E-state index in [1.165, 1.54) is 6.92 Å². The number of nitrogens with zero attached hydrogens (tertiary/aromatic N) is 1. The van der Waals surface area contributed by atoms with Crippen LogP contribution >= 0.6 is 0 Å². The van der Waals surface area contributed by atoms with Gasteiger partial charge in [-0.2, -0.15) is 0 Å². The summed E-state index contributed by atoms with van der Waals surface area (Å²) >= 11 is 0. The summed E-state index contributed by atoms with van der Waals surface area (Å²) in [6.45, 7) is 2.88. The highest BCUT2D eigenvalue weighted by Crippen LogP contribution is 2.56. The van der Waals surface area contributed by atoms with Crippen molar-refractivity contribution in [3.05, 3.63) is 35.9 Å². The van der Waals surface area contributed by atoms with Crippen LogP contribution in [-0.4, -0.2) is 41.2 Å². The second-order valence-electron chi connectivity index (χ2n) is 8.41. The van der Waals surface area contributed by atoms with E-state index in [9.17, 15) is 19.2 Å². The van der Waals surface area contributed by atoms with Crippen LogP contribution in [0.4, 0.5) is 0 Å². The fraction of sp³-hybridized carbons (Fsp3) is 0.545. The Bertz CT molecular complexity index is 811. The highest BCUT2D eigenvalue weighted by Gasteiger charge is 2.62. The summed E-state index contributed by atoms with van der Waals surface area (Å²) in [4.78, 5) is 51.2. The van der Waals surface area contributed by atoms with E-state index >= 15 is 0 Å². The molecule has 3 aliphatic rings. The largest absolute Gasteiger partial charge is 0.454 e. The number of fused-ring (bicyclic) bond motifs is 5. The second-order valence-corrected chi connectivity index (χ2v) is 8.41. The van der Waals surface area contributed by atoms with Crippen molar-refractivity contribution in [3.8, 4) is 0 Å². The summed E-state index contributed by atoms with van der Waals surface area (Å²) in [6, 6.07) is 8.20. The minimum absolute atomic E-state index is 0.226. The average molecular weight is 398 g/mol. The third kappa shape index (κ3) is 3.43. The number of imide groups is 1. The Morgan fingerprint density at radius 3 is 2.24 bits per heavy atom. The molecule has 29 heavy (non-hydrogen) atoms. The van der Waals surface area contributed by atoms with Crippen LogP contribution < -0.4 is 5.32 Å². The van der Waals surface area contributed by atoms with Gasteiger partial charge >= 0.3 is 5.97 Å². The molecule has 1 aliphatic heterocycles. The summed E-state index contributed by atoms with van der Waals surface area (Å²) in [5.74, 6) is -1.69. The molecule has 6 atom stereocenters. The first-order valence-corrected chi connectivity index (χ1v) is 10.3. The lowest BCUT2D eigenvalue weighted by molar-refractivity contribution is -0.160. The molecule has 2 aliphatic carbocycles. The lowest BCUT2D eigenvalue weighted by Gasteiger charge is -2.23. The van der Waals surface area contributed by atoms with E-state index in [-0.39, 0.29) is 41.5 Å². The number of ether oxygens (including phenoxy) is 1. The van der Waals surface area contributed by atoms with Crippen molar-refractivity contribution in [2.75, 3.05) is 6.61 Å². The van der Waals surface area contributed by atoms with Gasteiger partial charge < -0.3 is 10.1 Å². The van der Waals surface area contributed by atoms with Gasteiger partial charge in [0.25, 0.3) is 5.91 Å². The number of carbonyl (C=O) groups excluding carboxylic acids is 4. The number of hydrogen-bond donors (Lipinski definition) is 1. The van der Waals surface area contributed by atoms with Crippen LogP contribution in [-0.2, 0) is 23.9 Å². The van der Waals surface area contributed by atoms with E-state index in [1.807, 2.05) is 37.3 Å². The Hall–Kier alpha value is -2.70. The molecule has 154 valence electrons. The van der Waals surface area contributed by atoms with Gasteiger partial charge in [0.1, 0.15) is 6.04 Å². The van der Waals surface area contributed by atoms with Gasteiger partial charge in [0.2, 0.25) is 11.8 Å². The van der Waals surface area contributed by atoms with Gasteiger partial charge in [-0.3, -0.25) is 19.3 Å². The van der Waals surface area contributed by atoms with Gasteiger partial charge in [-0.05, 0) is 50.5 Å². The quantitative estimate of drug-likeness (QED) is 0.583. The Morgan fingerprint density at radius 1 is 1.07 bits per heavy atom. The molecule has 0 unspecified atom stereocenters. The standard InChI is InChI=1S/C22H26N2O5/c1-12(14-6-4-3-5-7-14)23-17(25)11-29-22(28)13(2)24-20(26)18-15-8-9-16(10-15)19(18)21(24)27/h3-7,12-13,15-16,18-19H,8-11H2,1-2H3,(H,23,25)/t12-,13+,15+,16+,18-,19+/m1/s1. The van der Waals surface area contributed by atoms with Crippen molar-refractivity contribution in [2.45, 2.75) is 45.2 Å². The van der Waals surface area contributed by atoms with Crippen LogP contribution in [0.15, 0.2) is 30.3 Å². The molecular formula is C22H26N2O5. The highest BCUT2D eigenvalue weighted by atomic mass is 16.5. The van der Waals surface area contributed by atoms with Crippen LogP contribution in [0.1, 0.15) is 44.7 Å². The number of rotatable bonds is 6. The van der Waals surface area contributed by atoms with Gasteiger partial charge in [-0.15, -0.1) is 0 Å². The topological polar surface area (TPSA) is 92.8 Å². The smallest absolute Gasteiger partial charge is 0.329 e. The van der Waals surface area contributed by atoms with Crippen molar-refractivity contribution in [2.24, 2.45) is 23.7 Å². The van der Waals surface area contributed by atoms with Crippen LogP contribution in [0, 0.1) is 23.7 Å². The summed E-state index contributed by atoms with van der Waals surface area (Å²) in [7, 11) is 0. The first-order chi connectivity index (χ1) is 13.9. The number of esters is 1. The zero-order valence-corrected chi connectivity index (χ0v) is 16.7. The molecule has 4 rings (SSSR count).